The number of hydrogen-bond acceptors (Lipinski definition) is 1. The van der Waals surface area contributed by atoms with E-state index in [2.05, 4.69) is 149 Å². The van der Waals surface area contributed by atoms with Crippen molar-refractivity contribution in [1.29, 1.82) is 0 Å². The second kappa shape index (κ2) is 11.3. The quantitative estimate of drug-likeness (QED) is 0.0958. The Morgan fingerprint density at radius 3 is 2.04 bits per heavy atom. The molecule has 0 saturated heterocycles. The molecular formula is C49H38O. The second-order valence-corrected chi connectivity index (χ2v) is 14.2. The summed E-state index contributed by atoms with van der Waals surface area (Å²) in [5.41, 5.74) is 11.9. The lowest BCUT2D eigenvalue weighted by Crippen LogP contribution is -2.15. The highest BCUT2D eigenvalue weighted by atomic mass is 16.3. The van der Waals surface area contributed by atoms with Gasteiger partial charge in [0.25, 0.3) is 0 Å². The molecule has 1 heteroatoms. The first-order valence-electron chi connectivity index (χ1n) is 17.5. The van der Waals surface area contributed by atoms with Gasteiger partial charge in [0.15, 0.2) is 0 Å². The summed E-state index contributed by atoms with van der Waals surface area (Å²) >= 11 is 0. The van der Waals surface area contributed by atoms with Crippen LogP contribution in [0.15, 0.2) is 164 Å². The van der Waals surface area contributed by atoms with Crippen molar-refractivity contribution in [3.05, 3.63) is 176 Å². The van der Waals surface area contributed by atoms with Gasteiger partial charge in [0.2, 0.25) is 0 Å². The average Bonchev–Trinajstić information content (AvgIpc) is 3.64. The summed E-state index contributed by atoms with van der Waals surface area (Å²) in [7, 11) is 0. The fourth-order valence-electron chi connectivity index (χ4n) is 8.79. The molecule has 240 valence electrons. The van der Waals surface area contributed by atoms with E-state index >= 15 is 0 Å². The van der Waals surface area contributed by atoms with Gasteiger partial charge in [-0.25, -0.2) is 0 Å². The zero-order chi connectivity index (χ0) is 34.1. The monoisotopic (exact) mass is 642 g/mol. The first-order valence-corrected chi connectivity index (χ1v) is 17.5. The molecule has 0 spiro atoms. The minimum Gasteiger partial charge on any atom is -0.456 e. The number of benzene rings is 7. The molecule has 0 radical (unpaired) electrons. The van der Waals surface area contributed by atoms with Gasteiger partial charge in [0.1, 0.15) is 11.2 Å². The molecule has 1 unspecified atom stereocenters. The summed E-state index contributed by atoms with van der Waals surface area (Å²) in [5, 5.41) is 9.85. The molecule has 9 rings (SSSR count). The molecule has 7 aromatic carbocycles. The van der Waals surface area contributed by atoms with Crippen LogP contribution in [0.3, 0.4) is 0 Å². The van der Waals surface area contributed by atoms with E-state index in [0.29, 0.717) is 0 Å². The molecule has 1 aliphatic carbocycles. The third kappa shape index (κ3) is 4.33. The maximum atomic E-state index is 6.28. The minimum absolute atomic E-state index is 0.163. The maximum Gasteiger partial charge on any atom is 0.136 e. The number of furan rings is 1. The van der Waals surface area contributed by atoms with Crippen LogP contribution in [0.1, 0.15) is 37.0 Å². The number of para-hydroxylation sites is 1. The lowest BCUT2D eigenvalue weighted by molar-refractivity contribution is 0.665. The van der Waals surface area contributed by atoms with Gasteiger partial charge in [0, 0.05) is 16.2 Å². The molecular weight excluding hydrogens is 605 g/mol. The van der Waals surface area contributed by atoms with Crippen LogP contribution in [0, 0.1) is 5.92 Å². The fourth-order valence-corrected chi connectivity index (χ4v) is 8.79. The normalized spacial score (nSPS) is 14.1. The average molecular weight is 643 g/mol. The van der Waals surface area contributed by atoms with Gasteiger partial charge in [-0.05, 0) is 107 Å². The van der Waals surface area contributed by atoms with Gasteiger partial charge in [-0.1, -0.05) is 148 Å². The van der Waals surface area contributed by atoms with E-state index in [1.165, 1.54) is 82.0 Å². The smallest absolute Gasteiger partial charge is 0.136 e. The van der Waals surface area contributed by atoms with Gasteiger partial charge in [-0.2, -0.15) is 0 Å². The molecule has 1 heterocycles. The lowest BCUT2D eigenvalue weighted by atomic mass is 9.79. The molecule has 1 aromatic heterocycles. The second-order valence-electron chi connectivity index (χ2n) is 14.2. The topological polar surface area (TPSA) is 13.1 Å². The Labute approximate surface area is 293 Å². The number of rotatable bonds is 7. The summed E-state index contributed by atoms with van der Waals surface area (Å²) in [6, 6.07) is 42.3. The first kappa shape index (κ1) is 30.2. The van der Waals surface area contributed by atoms with Crippen molar-refractivity contribution in [3.8, 4) is 22.3 Å². The predicted octanol–water partition coefficient (Wildman–Crippen LogP) is 14.0. The molecule has 0 aliphatic heterocycles. The largest absolute Gasteiger partial charge is 0.456 e. The highest BCUT2D eigenvalue weighted by Crippen LogP contribution is 2.54. The molecule has 0 fully saturated rings. The SMILES string of the molecule is C=C/C=C\C(C=C)CC(=C)c1c2ccccc2c(-c2ccc3c(c2)-c2ccc4c(ccc5oc6ccccc6c54)c2C3(C)C)c2ccccc12. The highest BCUT2D eigenvalue weighted by molar-refractivity contribution is 6.21. The van der Waals surface area contributed by atoms with Gasteiger partial charge in [0.05, 0.1) is 0 Å². The Balaban J connectivity index is 1.26. The van der Waals surface area contributed by atoms with E-state index in [1.807, 2.05) is 24.3 Å². The predicted molar refractivity (Wildman–Crippen MR) is 216 cm³/mol. The molecule has 8 aromatic rings. The highest BCUT2D eigenvalue weighted by Gasteiger charge is 2.37. The summed E-state index contributed by atoms with van der Waals surface area (Å²) in [4.78, 5) is 0. The van der Waals surface area contributed by atoms with Crippen LogP contribution in [0.25, 0.3) is 82.1 Å². The zero-order valence-corrected chi connectivity index (χ0v) is 28.6. The van der Waals surface area contributed by atoms with Gasteiger partial charge in [-0.15, -0.1) is 6.58 Å². The molecule has 1 aliphatic rings. The molecule has 0 saturated carbocycles. The standard InChI is InChI=1S/C49H38O/c1-6-8-15-31(7-2)28-30(3)45-33-16-9-11-18-35(33)46(36-19-12-10-17-34(36)45)32-22-26-42-41(29-32)39-24-23-37-38(48(39)49(42,4)5)25-27-44-47(37)40-20-13-14-21-43(40)50-44/h6-27,29,31H,1-3,28H2,4-5H3/b15-8-. The molecule has 0 bridgehead atoms. The third-order valence-electron chi connectivity index (χ3n) is 11.0. The van der Waals surface area contributed by atoms with Crippen molar-refractivity contribution in [2.45, 2.75) is 25.7 Å². The van der Waals surface area contributed by atoms with Crippen molar-refractivity contribution in [2.24, 2.45) is 5.92 Å². The molecule has 50 heavy (non-hydrogen) atoms. The van der Waals surface area contributed by atoms with Crippen molar-refractivity contribution in [3.63, 3.8) is 0 Å². The minimum atomic E-state index is -0.163. The lowest BCUT2D eigenvalue weighted by Gasteiger charge is -2.24. The Kier molecular flexibility index (Phi) is 6.83. The third-order valence-corrected chi connectivity index (χ3v) is 11.0. The van der Waals surface area contributed by atoms with Crippen LogP contribution in [0.4, 0.5) is 0 Å². The fraction of sp³-hybridized carbons (Fsp3) is 0.102. The van der Waals surface area contributed by atoms with E-state index in [0.717, 1.165) is 23.2 Å². The summed E-state index contributed by atoms with van der Waals surface area (Å²) in [6.45, 7) is 17.4. The van der Waals surface area contributed by atoms with Crippen molar-refractivity contribution in [2.75, 3.05) is 0 Å². The zero-order valence-electron chi connectivity index (χ0n) is 28.6. The van der Waals surface area contributed by atoms with Crippen LogP contribution in [0.2, 0.25) is 0 Å². The number of allylic oxidation sites excluding steroid dienone is 5. The number of fused-ring (bicyclic) bond motifs is 11. The van der Waals surface area contributed by atoms with Gasteiger partial charge >= 0.3 is 0 Å². The molecule has 0 N–H and O–H groups in total. The van der Waals surface area contributed by atoms with Crippen molar-refractivity contribution >= 4 is 59.8 Å². The van der Waals surface area contributed by atoms with E-state index < -0.39 is 0 Å². The summed E-state index contributed by atoms with van der Waals surface area (Å²) in [6.07, 6.45) is 8.75. The Bertz CT molecular complexity index is 2710. The van der Waals surface area contributed by atoms with Crippen LogP contribution in [-0.4, -0.2) is 0 Å². The van der Waals surface area contributed by atoms with E-state index in [9.17, 15) is 0 Å². The van der Waals surface area contributed by atoms with Crippen LogP contribution < -0.4 is 0 Å². The van der Waals surface area contributed by atoms with Crippen molar-refractivity contribution < 1.29 is 4.42 Å². The first-order chi connectivity index (χ1) is 24.4. The summed E-state index contributed by atoms with van der Waals surface area (Å²) < 4.78 is 6.28. The van der Waals surface area contributed by atoms with E-state index in [4.69, 9.17) is 4.42 Å². The Hall–Kier alpha value is -5.92. The van der Waals surface area contributed by atoms with Gasteiger partial charge in [-0.3, -0.25) is 0 Å². The number of hydrogen-bond donors (Lipinski definition) is 0. The van der Waals surface area contributed by atoms with Crippen LogP contribution in [-0.2, 0) is 5.41 Å². The molecule has 0 amide bonds. The van der Waals surface area contributed by atoms with Crippen molar-refractivity contribution in [1.82, 2.24) is 0 Å². The molecule has 1 atom stereocenters. The Morgan fingerprint density at radius 1 is 0.680 bits per heavy atom. The summed E-state index contributed by atoms with van der Waals surface area (Å²) in [5.74, 6) is 0.178. The van der Waals surface area contributed by atoms with E-state index in [1.54, 1.807) is 0 Å². The van der Waals surface area contributed by atoms with Crippen LogP contribution in [0.5, 0.6) is 0 Å². The molecule has 1 nitrogen and oxygen atoms in total. The van der Waals surface area contributed by atoms with Gasteiger partial charge < -0.3 is 4.42 Å². The Morgan fingerprint density at radius 2 is 1.34 bits per heavy atom. The van der Waals surface area contributed by atoms with Crippen LogP contribution >= 0.6 is 0 Å². The maximum absolute atomic E-state index is 6.28. The van der Waals surface area contributed by atoms with E-state index in [-0.39, 0.29) is 11.3 Å².